The summed E-state index contributed by atoms with van der Waals surface area (Å²) in [5, 5.41) is 11.5. The van der Waals surface area contributed by atoms with Crippen LogP contribution in [0, 0.1) is 0 Å². The molecule has 1 aliphatic heterocycles. The van der Waals surface area contributed by atoms with Crippen LogP contribution in [0.4, 0.5) is 0 Å². The number of hydrogen-bond donors (Lipinski definition) is 1. The van der Waals surface area contributed by atoms with Gasteiger partial charge in [0.15, 0.2) is 0 Å². The van der Waals surface area contributed by atoms with E-state index in [1.165, 1.54) is 0 Å². The molecular formula is C16H27ClN2O. The van der Waals surface area contributed by atoms with Gasteiger partial charge in [-0.05, 0) is 38.4 Å². The third kappa shape index (κ3) is 4.18. The largest absolute Gasteiger partial charge is 0.389 e. The summed E-state index contributed by atoms with van der Waals surface area (Å²) < 4.78 is 0. The van der Waals surface area contributed by atoms with E-state index in [9.17, 15) is 5.11 Å². The number of aliphatic hydroxyl groups is 1. The molecule has 0 aliphatic carbocycles. The standard InChI is InChI=1S/C14H21ClN2O.C2H6/c1-3-12(13-5-4-11(15)10-16-13)14(18)6-8-17(2)9-7-14;1-2/h4-5,10,12,18H,3,6-9H2,1-2H3;1-2H3. The predicted molar refractivity (Wildman–Crippen MR) is 85.3 cm³/mol. The van der Waals surface area contributed by atoms with Gasteiger partial charge in [-0.25, -0.2) is 0 Å². The number of likely N-dealkylation sites (tertiary alicyclic amines) is 1. The Labute approximate surface area is 128 Å². The highest BCUT2D eigenvalue weighted by molar-refractivity contribution is 6.30. The molecule has 1 atom stereocenters. The third-order valence-corrected chi connectivity index (χ3v) is 4.24. The molecule has 1 aromatic rings. The van der Waals surface area contributed by atoms with Crippen molar-refractivity contribution in [1.29, 1.82) is 0 Å². The van der Waals surface area contributed by atoms with Crippen molar-refractivity contribution in [3.05, 3.63) is 29.0 Å². The highest BCUT2D eigenvalue weighted by Gasteiger charge is 2.39. The van der Waals surface area contributed by atoms with Crippen molar-refractivity contribution in [2.75, 3.05) is 20.1 Å². The van der Waals surface area contributed by atoms with E-state index < -0.39 is 5.60 Å². The van der Waals surface area contributed by atoms with Gasteiger partial charge in [-0.2, -0.15) is 0 Å². The first kappa shape index (κ1) is 17.4. The number of pyridine rings is 1. The molecule has 1 fully saturated rings. The molecular weight excluding hydrogens is 272 g/mol. The maximum atomic E-state index is 10.9. The molecule has 1 aromatic heterocycles. The van der Waals surface area contributed by atoms with Crippen molar-refractivity contribution in [2.45, 2.75) is 51.6 Å². The average molecular weight is 299 g/mol. The molecule has 0 radical (unpaired) electrons. The first-order valence-corrected chi connectivity index (χ1v) is 7.95. The van der Waals surface area contributed by atoms with Crippen LogP contribution < -0.4 is 0 Å². The first-order valence-electron chi connectivity index (χ1n) is 7.57. The molecule has 0 bridgehead atoms. The minimum absolute atomic E-state index is 0.100. The van der Waals surface area contributed by atoms with E-state index in [-0.39, 0.29) is 5.92 Å². The Hall–Kier alpha value is -0.640. The lowest BCUT2D eigenvalue weighted by Crippen LogP contribution is -2.46. The van der Waals surface area contributed by atoms with Crippen molar-refractivity contribution in [1.82, 2.24) is 9.88 Å². The van der Waals surface area contributed by atoms with E-state index in [0.29, 0.717) is 5.02 Å². The SMILES string of the molecule is CC.CCC(c1ccc(Cl)cn1)C1(O)CCN(C)CC1. The molecule has 1 unspecified atom stereocenters. The summed E-state index contributed by atoms with van der Waals surface area (Å²) >= 11 is 5.87. The number of hydrogen-bond acceptors (Lipinski definition) is 3. The quantitative estimate of drug-likeness (QED) is 0.924. The van der Waals surface area contributed by atoms with Gasteiger partial charge < -0.3 is 10.0 Å². The van der Waals surface area contributed by atoms with Crippen LogP contribution >= 0.6 is 11.6 Å². The van der Waals surface area contributed by atoms with Gasteiger partial charge in [0.05, 0.1) is 10.6 Å². The van der Waals surface area contributed by atoms with Crippen LogP contribution in [0.5, 0.6) is 0 Å². The molecule has 1 saturated heterocycles. The summed E-state index contributed by atoms with van der Waals surface area (Å²) in [6, 6.07) is 3.79. The molecule has 0 amide bonds. The number of piperidine rings is 1. The third-order valence-electron chi connectivity index (χ3n) is 4.02. The Kier molecular flexibility index (Phi) is 6.93. The zero-order valence-corrected chi connectivity index (χ0v) is 13.8. The fourth-order valence-corrected chi connectivity index (χ4v) is 2.92. The molecule has 1 aliphatic rings. The van der Waals surface area contributed by atoms with Crippen molar-refractivity contribution in [3.63, 3.8) is 0 Å². The van der Waals surface area contributed by atoms with E-state index in [4.69, 9.17) is 11.6 Å². The normalized spacial score (nSPS) is 19.9. The molecule has 0 aromatic carbocycles. The summed E-state index contributed by atoms with van der Waals surface area (Å²) in [5.41, 5.74) is 0.330. The molecule has 114 valence electrons. The maximum absolute atomic E-state index is 10.9. The first-order chi connectivity index (χ1) is 9.55. The summed E-state index contributed by atoms with van der Waals surface area (Å²) in [6.07, 6.45) is 4.19. The van der Waals surface area contributed by atoms with E-state index in [1.807, 2.05) is 26.0 Å². The lowest BCUT2D eigenvalue weighted by molar-refractivity contribution is -0.0403. The average Bonchev–Trinajstić information content (AvgIpc) is 2.47. The Balaban J connectivity index is 0.000000956. The van der Waals surface area contributed by atoms with Gasteiger partial charge in [-0.3, -0.25) is 4.98 Å². The zero-order valence-electron chi connectivity index (χ0n) is 13.1. The van der Waals surface area contributed by atoms with Crippen molar-refractivity contribution < 1.29 is 5.11 Å². The van der Waals surface area contributed by atoms with E-state index in [0.717, 1.165) is 38.0 Å². The number of rotatable bonds is 3. The second kappa shape index (κ2) is 7.96. The highest BCUT2D eigenvalue weighted by atomic mass is 35.5. The molecule has 1 N–H and O–H groups in total. The summed E-state index contributed by atoms with van der Waals surface area (Å²) in [5.74, 6) is 0.100. The van der Waals surface area contributed by atoms with Gasteiger partial charge in [0.25, 0.3) is 0 Å². The molecule has 0 saturated carbocycles. The Bertz CT molecular complexity index is 386. The molecule has 2 rings (SSSR count). The summed E-state index contributed by atoms with van der Waals surface area (Å²) in [4.78, 5) is 6.64. The number of halogens is 1. The smallest absolute Gasteiger partial charge is 0.0755 e. The number of nitrogens with zero attached hydrogens (tertiary/aromatic N) is 2. The number of aromatic nitrogens is 1. The van der Waals surface area contributed by atoms with Crippen molar-refractivity contribution in [3.8, 4) is 0 Å². The van der Waals surface area contributed by atoms with Crippen LogP contribution in [-0.2, 0) is 0 Å². The van der Waals surface area contributed by atoms with Crippen LogP contribution in [0.15, 0.2) is 18.3 Å². The molecule has 3 nitrogen and oxygen atoms in total. The zero-order chi connectivity index (χ0) is 15.2. The lowest BCUT2D eigenvalue weighted by atomic mass is 9.76. The van der Waals surface area contributed by atoms with Crippen LogP contribution in [0.2, 0.25) is 5.02 Å². The van der Waals surface area contributed by atoms with E-state index in [2.05, 4.69) is 23.9 Å². The predicted octanol–water partition coefficient (Wildman–Crippen LogP) is 3.71. The molecule has 0 spiro atoms. The van der Waals surface area contributed by atoms with Gasteiger partial charge in [0.2, 0.25) is 0 Å². The van der Waals surface area contributed by atoms with Gasteiger partial charge >= 0.3 is 0 Å². The van der Waals surface area contributed by atoms with Gasteiger partial charge in [0.1, 0.15) is 0 Å². The van der Waals surface area contributed by atoms with Crippen LogP contribution in [0.25, 0.3) is 0 Å². The van der Waals surface area contributed by atoms with Gasteiger partial charge in [-0.1, -0.05) is 32.4 Å². The monoisotopic (exact) mass is 298 g/mol. The van der Waals surface area contributed by atoms with Crippen LogP contribution in [0.1, 0.15) is 51.6 Å². The van der Waals surface area contributed by atoms with E-state index in [1.54, 1.807) is 6.20 Å². The lowest BCUT2D eigenvalue weighted by Gasteiger charge is -2.41. The minimum atomic E-state index is -0.623. The molecule has 2 heterocycles. The summed E-state index contributed by atoms with van der Waals surface area (Å²) in [7, 11) is 2.10. The van der Waals surface area contributed by atoms with Crippen molar-refractivity contribution in [2.24, 2.45) is 0 Å². The van der Waals surface area contributed by atoms with Crippen molar-refractivity contribution >= 4 is 11.6 Å². The highest BCUT2D eigenvalue weighted by Crippen LogP contribution is 2.38. The van der Waals surface area contributed by atoms with Crippen LogP contribution in [-0.4, -0.2) is 40.7 Å². The Morgan fingerprint density at radius 1 is 1.35 bits per heavy atom. The molecule has 4 heteroatoms. The topological polar surface area (TPSA) is 36.4 Å². The Morgan fingerprint density at radius 2 is 1.95 bits per heavy atom. The minimum Gasteiger partial charge on any atom is -0.389 e. The Morgan fingerprint density at radius 3 is 2.40 bits per heavy atom. The fourth-order valence-electron chi connectivity index (χ4n) is 2.81. The van der Waals surface area contributed by atoms with Gasteiger partial charge in [-0.15, -0.1) is 0 Å². The maximum Gasteiger partial charge on any atom is 0.0755 e. The molecule has 20 heavy (non-hydrogen) atoms. The second-order valence-corrected chi connectivity index (χ2v) is 5.71. The van der Waals surface area contributed by atoms with E-state index >= 15 is 0 Å². The fraction of sp³-hybridized carbons (Fsp3) is 0.688. The second-order valence-electron chi connectivity index (χ2n) is 5.27. The van der Waals surface area contributed by atoms with Gasteiger partial charge in [0, 0.05) is 30.9 Å². The van der Waals surface area contributed by atoms with Crippen LogP contribution in [0.3, 0.4) is 0 Å². The summed E-state index contributed by atoms with van der Waals surface area (Å²) in [6.45, 7) is 8.00.